The van der Waals surface area contributed by atoms with Gasteiger partial charge in [0.15, 0.2) is 5.82 Å². The molecule has 4 aromatic rings. The smallest absolute Gasteiger partial charge is 0.244 e. The van der Waals surface area contributed by atoms with E-state index in [4.69, 9.17) is 0 Å². The highest BCUT2D eigenvalue weighted by molar-refractivity contribution is 5.84. The van der Waals surface area contributed by atoms with Gasteiger partial charge in [0.05, 0.1) is 16.8 Å². The maximum Gasteiger partial charge on any atom is 0.416 e. The van der Waals surface area contributed by atoms with Gasteiger partial charge in [0, 0.05) is 41.5 Å². The zero-order valence-electron chi connectivity index (χ0n) is 16.2. The number of nitrogens with zero attached hydrogens (tertiary/aromatic N) is 7. The summed E-state index contributed by atoms with van der Waals surface area (Å²) in [6, 6.07) is 4.45. The van der Waals surface area contributed by atoms with E-state index in [1.807, 2.05) is 0 Å². The van der Waals surface area contributed by atoms with Crippen LogP contribution in [0.15, 0.2) is 61.6 Å². The van der Waals surface area contributed by atoms with Crippen LogP contribution in [0.1, 0.15) is 22.4 Å². The van der Waals surface area contributed by atoms with Gasteiger partial charge in [-0.2, -0.15) is 36.5 Å². The molecule has 0 saturated carbocycles. The van der Waals surface area contributed by atoms with Crippen molar-refractivity contribution in [1.29, 1.82) is 0 Å². The summed E-state index contributed by atoms with van der Waals surface area (Å²) in [4.78, 5) is 11.7. The molecule has 0 radical (unpaired) electrons. The van der Waals surface area contributed by atoms with Gasteiger partial charge in [-0.25, -0.2) is 19.6 Å². The van der Waals surface area contributed by atoms with Gasteiger partial charge >= 0.3 is 12.4 Å². The molecule has 0 spiro atoms. The summed E-state index contributed by atoms with van der Waals surface area (Å²) in [6.07, 6.45) is -1.63. The maximum atomic E-state index is 13.2. The van der Waals surface area contributed by atoms with Crippen LogP contribution < -0.4 is 0 Å². The molecule has 0 unspecified atom stereocenters. The molecule has 168 valence electrons. The van der Waals surface area contributed by atoms with Gasteiger partial charge in [-0.15, -0.1) is 5.10 Å². The van der Waals surface area contributed by atoms with Crippen molar-refractivity contribution in [3.8, 4) is 11.4 Å². The van der Waals surface area contributed by atoms with E-state index in [0.29, 0.717) is 29.0 Å². The molecule has 4 rings (SSSR count). The van der Waals surface area contributed by atoms with E-state index in [-0.39, 0.29) is 11.9 Å². The summed E-state index contributed by atoms with van der Waals surface area (Å²) < 4.78 is 80.1. The summed E-state index contributed by atoms with van der Waals surface area (Å²) in [5, 5.41) is 11.8. The van der Waals surface area contributed by atoms with Gasteiger partial charge in [0.25, 0.3) is 0 Å². The Labute approximate surface area is 181 Å². The van der Waals surface area contributed by atoms with E-state index in [0.717, 1.165) is 11.0 Å². The van der Waals surface area contributed by atoms with Gasteiger partial charge in [-0.3, -0.25) is 0 Å². The minimum absolute atomic E-state index is 0.0436. The minimum Gasteiger partial charge on any atom is -0.244 e. The van der Waals surface area contributed by atoms with Gasteiger partial charge in [0.2, 0.25) is 0 Å². The van der Waals surface area contributed by atoms with Gasteiger partial charge in [0.1, 0.15) is 12.7 Å². The van der Waals surface area contributed by atoms with Crippen LogP contribution in [-0.4, -0.2) is 34.9 Å². The SMILES string of the molecule is FC(F)(F)c1cc(-c2ncn(C=C(c3cncnc3)c3cccnn3)n2)cc(C(F)(F)F)c1. The number of benzene rings is 1. The highest BCUT2D eigenvalue weighted by Gasteiger charge is 2.37. The molecule has 0 saturated heterocycles. The number of halogens is 6. The molecule has 33 heavy (non-hydrogen) atoms. The summed E-state index contributed by atoms with van der Waals surface area (Å²) >= 11 is 0. The monoisotopic (exact) mass is 463 g/mol. The van der Waals surface area contributed by atoms with E-state index >= 15 is 0 Å². The van der Waals surface area contributed by atoms with Crippen molar-refractivity contribution in [2.75, 3.05) is 0 Å². The Hall–Kier alpha value is -4.16. The molecule has 0 aliphatic rings. The first kappa shape index (κ1) is 22.0. The molecule has 7 nitrogen and oxygen atoms in total. The number of hydrogen-bond acceptors (Lipinski definition) is 6. The van der Waals surface area contributed by atoms with Crippen LogP contribution in [-0.2, 0) is 12.4 Å². The number of alkyl halides is 6. The van der Waals surface area contributed by atoms with Crippen molar-refractivity contribution in [3.05, 3.63) is 84.0 Å². The minimum atomic E-state index is -4.98. The topological polar surface area (TPSA) is 82.3 Å². The summed E-state index contributed by atoms with van der Waals surface area (Å²) in [7, 11) is 0. The van der Waals surface area contributed by atoms with Crippen LogP contribution in [0.4, 0.5) is 26.3 Å². The Balaban J connectivity index is 1.79. The van der Waals surface area contributed by atoms with Crippen molar-refractivity contribution in [1.82, 2.24) is 34.9 Å². The molecular weight excluding hydrogens is 452 g/mol. The lowest BCUT2D eigenvalue weighted by Gasteiger charge is -2.13. The third-order valence-corrected chi connectivity index (χ3v) is 4.34. The lowest BCUT2D eigenvalue weighted by molar-refractivity contribution is -0.143. The molecule has 1 aromatic carbocycles. The third kappa shape index (κ3) is 5.02. The van der Waals surface area contributed by atoms with Crippen molar-refractivity contribution in [3.63, 3.8) is 0 Å². The Morgan fingerprint density at radius 2 is 1.58 bits per heavy atom. The predicted molar refractivity (Wildman–Crippen MR) is 103 cm³/mol. The highest BCUT2D eigenvalue weighted by Crippen LogP contribution is 2.38. The van der Waals surface area contributed by atoms with Crippen molar-refractivity contribution < 1.29 is 26.3 Å². The fourth-order valence-electron chi connectivity index (χ4n) is 2.86. The Morgan fingerprint density at radius 3 is 2.15 bits per heavy atom. The second kappa shape index (κ2) is 8.41. The molecule has 13 heteroatoms. The summed E-state index contributed by atoms with van der Waals surface area (Å²) in [5.41, 5.74) is -1.98. The lowest BCUT2D eigenvalue weighted by atomic mass is 10.0. The molecule has 0 N–H and O–H groups in total. The molecule has 3 heterocycles. The average molecular weight is 463 g/mol. The molecule has 0 aliphatic heterocycles. The Morgan fingerprint density at radius 1 is 0.909 bits per heavy atom. The average Bonchev–Trinajstić information content (AvgIpc) is 3.26. The van der Waals surface area contributed by atoms with Crippen molar-refractivity contribution in [2.45, 2.75) is 12.4 Å². The van der Waals surface area contributed by atoms with Crippen molar-refractivity contribution in [2.24, 2.45) is 0 Å². The molecule has 0 aliphatic carbocycles. The van der Waals surface area contributed by atoms with Gasteiger partial charge < -0.3 is 0 Å². The Kier molecular flexibility index (Phi) is 5.62. The van der Waals surface area contributed by atoms with Crippen LogP contribution in [0, 0.1) is 0 Å². The molecule has 0 amide bonds. The standard InChI is InChI=1S/C20H11F6N7/c21-19(22,23)14-4-12(5-15(6-14)20(24,25)26)18-29-11-33(32-18)9-16(13-7-27-10-28-8-13)17-2-1-3-30-31-17/h1-11H. The van der Waals surface area contributed by atoms with Crippen LogP contribution in [0.5, 0.6) is 0 Å². The zero-order valence-corrected chi connectivity index (χ0v) is 16.2. The fraction of sp³-hybridized carbons (Fsp3) is 0.100. The number of aromatic nitrogens is 7. The van der Waals surface area contributed by atoms with E-state index in [1.54, 1.807) is 12.1 Å². The number of hydrogen-bond donors (Lipinski definition) is 0. The first-order chi connectivity index (χ1) is 15.6. The zero-order chi connectivity index (χ0) is 23.6. The predicted octanol–water partition coefficient (Wildman–Crippen LogP) is 4.61. The molecule has 3 aromatic heterocycles. The highest BCUT2D eigenvalue weighted by atomic mass is 19.4. The van der Waals surface area contributed by atoms with E-state index < -0.39 is 29.0 Å². The van der Waals surface area contributed by atoms with Crippen LogP contribution >= 0.6 is 0 Å². The van der Waals surface area contributed by atoms with Gasteiger partial charge in [-0.1, -0.05) is 0 Å². The first-order valence-corrected chi connectivity index (χ1v) is 9.07. The molecule has 0 fully saturated rings. The lowest BCUT2D eigenvalue weighted by Crippen LogP contribution is -2.11. The normalized spacial score (nSPS) is 12.7. The van der Waals surface area contributed by atoms with Crippen LogP contribution in [0.2, 0.25) is 0 Å². The Bertz CT molecular complexity index is 1210. The van der Waals surface area contributed by atoms with E-state index in [2.05, 4.69) is 30.2 Å². The third-order valence-electron chi connectivity index (χ3n) is 4.34. The van der Waals surface area contributed by atoms with Crippen LogP contribution in [0.25, 0.3) is 23.2 Å². The quantitative estimate of drug-likeness (QED) is 0.411. The largest absolute Gasteiger partial charge is 0.416 e. The maximum absolute atomic E-state index is 13.2. The second-order valence-electron chi connectivity index (χ2n) is 6.62. The van der Waals surface area contributed by atoms with E-state index in [9.17, 15) is 26.3 Å². The van der Waals surface area contributed by atoms with E-state index in [1.165, 1.54) is 31.1 Å². The number of rotatable bonds is 4. The summed E-state index contributed by atoms with van der Waals surface area (Å²) in [5.74, 6) is -0.328. The molecule has 0 atom stereocenters. The molecular formula is C20H11F6N7. The second-order valence-corrected chi connectivity index (χ2v) is 6.62. The van der Waals surface area contributed by atoms with Crippen molar-refractivity contribution >= 4 is 11.8 Å². The van der Waals surface area contributed by atoms with Crippen LogP contribution in [0.3, 0.4) is 0 Å². The van der Waals surface area contributed by atoms with Gasteiger partial charge in [-0.05, 0) is 30.3 Å². The molecule has 0 bridgehead atoms. The summed E-state index contributed by atoms with van der Waals surface area (Å²) in [6.45, 7) is 0. The first-order valence-electron chi connectivity index (χ1n) is 9.07. The fourth-order valence-corrected chi connectivity index (χ4v) is 2.86.